The molecule has 0 radical (unpaired) electrons. The van der Waals surface area contributed by atoms with Gasteiger partial charge in [-0.1, -0.05) is 42.5 Å². The van der Waals surface area contributed by atoms with Gasteiger partial charge in [0.2, 0.25) is 0 Å². The second-order valence-electron chi connectivity index (χ2n) is 6.17. The number of rotatable bonds is 11. The molecule has 0 aliphatic heterocycles. The van der Waals surface area contributed by atoms with Gasteiger partial charge in [-0.15, -0.1) is 24.0 Å². The van der Waals surface area contributed by atoms with Crippen molar-refractivity contribution >= 4 is 29.9 Å². The van der Waals surface area contributed by atoms with Crippen molar-refractivity contribution in [1.82, 2.24) is 10.6 Å². The highest BCUT2D eigenvalue weighted by Crippen LogP contribution is 2.14. The average molecular weight is 497 g/mol. The number of nitrogens with one attached hydrogen (secondary N) is 2. The zero-order valence-electron chi connectivity index (χ0n) is 16.8. The van der Waals surface area contributed by atoms with E-state index in [0.29, 0.717) is 6.61 Å². The van der Waals surface area contributed by atoms with Crippen molar-refractivity contribution in [2.45, 2.75) is 32.9 Å². The van der Waals surface area contributed by atoms with E-state index in [9.17, 15) is 0 Å². The van der Waals surface area contributed by atoms with Crippen molar-refractivity contribution < 1.29 is 9.47 Å². The summed E-state index contributed by atoms with van der Waals surface area (Å²) < 4.78 is 11.2. The van der Waals surface area contributed by atoms with Crippen LogP contribution in [0, 0.1) is 0 Å². The van der Waals surface area contributed by atoms with Gasteiger partial charge in [-0.2, -0.15) is 0 Å². The van der Waals surface area contributed by atoms with Crippen LogP contribution in [0.1, 0.15) is 30.9 Å². The van der Waals surface area contributed by atoms with Gasteiger partial charge in [0, 0.05) is 33.4 Å². The number of hydrogen-bond donors (Lipinski definition) is 2. The van der Waals surface area contributed by atoms with E-state index in [1.54, 1.807) is 7.05 Å². The Morgan fingerprint density at radius 1 is 0.929 bits per heavy atom. The van der Waals surface area contributed by atoms with Crippen LogP contribution in [0.2, 0.25) is 0 Å². The van der Waals surface area contributed by atoms with Gasteiger partial charge in [0.1, 0.15) is 12.4 Å². The fourth-order valence-electron chi connectivity index (χ4n) is 2.53. The third-order valence-electron chi connectivity index (χ3n) is 4.07. The molecule has 0 aliphatic rings. The van der Waals surface area contributed by atoms with E-state index in [2.05, 4.69) is 39.9 Å². The standard InChI is InChI=1S/C22H31N3O2.HI/c1-3-26-16-8-7-15-24-22(23-2)25-17-19-11-13-21(14-12-19)27-18-20-9-5-4-6-10-20;/h4-6,9-14H,3,7-8,15-18H2,1-2H3,(H2,23,24,25);1H. The molecule has 2 aromatic carbocycles. The highest BCUT2D eigenvalue weighted by molar-refractivity contribution is 14.0. The van der Waals surface area contributed by atoms with Crippen molar-refractivity contribution in [3.63, 3.8) is 0 Å². The van der Waals surface area contributed by atoms with Gasteiger partial charge < -0.3 is 20.1 Å². The number of benzene rings is 2. The molecule has 2 rings (SSSR count). The van der Waals surface area contributed by atoms with Crippen molar-refractivity contribution in [2.75, 3.05) is 26.8 Å². The number of ether oxygens (including phenoxy) is 2. The van der Waals surface area contributed by atoms with E-state index in [-0.39, 0.29) is 24.0 Å². The number of halogens is 1. The van der Waals surface area contributed by atoms with Crippen LogP contribution in [0.25, 0.3) is 0 Å². The van der Waals surface area contributed by atoms with Gasteiger partial charge in [-0.05, 0) is 43.0 Å². The molecule has 0 heterocycles. The smallest absolute Gasteiger partial charge is 0.191 e. The van der Waals surface area contributed by atoms with Crippen LogP contribution in [0.5, 0.6) is 5.75 Å². The molecule has 0 bridgehead atoms. The molecular formula is C22H32IN3O2. The Balaban J connectivity index is 0.00000392. The van der Waals surface area contributed by atoms with Crippen molar-refractivity contribution in [3.8, 4) is 5.75 Å². The highest BCUT2D eigenvalue weighted by Gasteiger charge is 2.00. The molecule has 2 N–H and O–H groups in total. The fraction of sp³-hybridized carbons (Fsp3) is 0.409. The molecule has 0 saturated heterocycles. The summed E-state index contributed by atoms with van der Waals surface area (Å²) in [7, 11) is 1.79. The Labute approximate surface area is 186 Å². The number of guanidine groups is 1. The maximum Gasteiger partial charge on any atom is 0.191 e. The van der Waals surface area contributed by atoms with E-state index in [0.717, 1.165) is 50.9 Å². The third-order valence-corrected chi connectivity index (χ3v) is 4.07. The summed E-state index contributed by atoms with van der Waals surface area (Å²) in [5.41, 5.74) is 2.35. The molecule has 0 saturated carbocycles. The number of hydrogen-bond acceptors (Lipinski definition) is 3. The Kier molecular flexibility index (Phi) is 13.1. The first-order chi connectivity index (χ1) is 13.3. The van der Waals surface area contributed by atoms with Crippen LogP contribution in [0.4, 0.5) is 0 Å². The maximum atomic E-state index is 5.82. The van der Waals surface area contributed by atoms with Crippen LogP contribution >= 0.6 is 24.0 Å². The molecule has 6 heteroatoms. The SMILES string of the molecule is CCOCCCCNC(=NC)NCc1ccc(OCc2ccccc2)cc1.I. The number of aliphatic imine (C=N–C) groups is 1. The van der Waals surface area contributed by atoms with Crippen LogP contribution < -0.4 is 15.4 Å². The van der Waals surface area contributed by atoms with Crippen LogP contribution in [-0.2, 0) is 17.9 Å². The lowest BCUT2D eigenvalue weighted by molar-refractivity contribution is 0.143. The second kappa shape index (κ2) is 15.2. The molecule has 0 spiro atoms. The lowest BCUT2D eigenvalue weighted by Crippen LogP contribution is -2.37. The van der Waals surface area contributed by atoms with E-state index in [1.807, 2.05) is 37.3 Å². The molecule has 0 fully saturated rings. The average Bonchev–Trinajstić information content (AvgIpc) is 2.73. The Bertz CT molecular complexity index is 663. The molecule has 0 atom stereocenters. The van der Waals surface area contributed by atoms with Crippen LogP contribution in [0.3, 0.4) is 0 Å². The van der Waals surface area contributed by atoms with E-state index < -0.39 is 0 Å². The molecule has 154 valence electrons. The van der Waals surface area contributed by atoms with E-state index in [4.69, 9.17) is 9.47 Å². The quantitative estimate of drug-likeness (QED) is 0.210. The summed E-state index contributed by atoms with van der Waals surface area (Å²) in [5.74, 6) is 1.69. The van der Waals surface area contributed by atoms with Crippen molar-refractivity contribution in [1.29, 1.82) is 0 Å². The van der Waals surface area contributed by atoms with E-state index >= 15 is 0 Å². The first kappa shape index (κ1) is 24.2. The number of unbranched alkanes of at least 4 members (excludes halogenated alkanes) is 1. The van der Waals surface area contributed by atoms with Gasteiger partial charge >= 0.3 is 0 Å². The summed E-state index contributed by atoms with van der Waals surface area (Å²) in [6, 6.07) is 18.3. The van der Waals surface area contributed by atoms with Gasteiger partial charge in [0.05, 0.1) is 0 Å². The highest BCUT2D eigenvalue weighted by atomic mass is 127. The molecule has 0 aliphatic carbocycles. The van der Waals surface area contributed by atoms with Crippen LogP contribution in [-0.4, -0.2) is 32.8 Å². The number of nitrogens with zero attached hydrogens (tertiary/aromatic N) is 1. The summed E-state index contributed by atoms with van der Waals surface area (Å²) in [6.45, 7) is 5.82. The van der Waals surface area contributed by atoms with Gasteiger partial charge in [0.25, 0.3) is 0 Å². The van der Waals surface area contributed by atoms with Gasteiger partial charge in [-0.3, -0.25) is 4.99 Å². The lowest BCUT2D eigenvalue weighted by atomic mass is 10.2. The first-order valence-corrected chi connectivity index (χ1v) is 9.59. The Morgan fingerprint density at radius 2 is 1.68 bits per heavy atom. The zero-order chi connectivity index (χ0) is 19.2. The molecule has 5 nitrogen and oxygen atoms in total. The summed E-state index contributed by atoms with van der Waals surface area (Å²) >= 11 is 0. The van der Waals surface area contributed by atoms with E-state index in [1.165, 1.54) is 11.1 Å². The monoisotopic (exact) mass is 497 g/mol. The maximum absolute atomic E-state index is 5.82. The molecule has 2 aromatic rings. The molecule has 0 amide bonds. The minimum atomic E-state index is 0. The summed E-state index contributed by atoms with van der Waals surface area (Å²) in [6.07, 6.45) is 2.12. The molecule has 0 unspecified atom stereocenters. The minimum Gasteiger partial charge on any atom is -0.489 e. The zero-order valence-corrected chi connectivity index (χ0v) is 19.1. The van der Waals surface area contributed by atoms with Crippen molar-refractivity contribution in [3.05, 3.63) is 65.7 Å². The normalized spacial score (nSPS) is 10.9. The van der Waals surface area contributed by atoms with Gasteiger partial charge in [-0.25, -0.2) is 0 Å². The topological polar surface area (TPSA) is 54.9 Å². The fourth-order valence-corrected chi connectivity index (χ4v) is 2.53. The first-order valence-electron chi connectivity index (χ1n) is 9.59. The molecule has 0 aromatic heterocycles. The summed E-state index contributed by atoms with van der Waals surface area (Å²) in [4.78, 5) is 4.26. The molecule has 28 heavy (non-hydrogen) atoms. The largest absolute Gasteiger partial charge is 0.489 e. The Morgan fingerprint density at radius 3 is 2.36 bits per heavy atom. The Hall–Kier alpha value is -1.80. The lowest BCUT2D eigenvalue weighted by Gasteiger charge is -2.12. The second-order valence-corrected chi connectivity index (χ2v) is 6.17. The van der Waals surface area contributed by atoms with Gasteiger partial charge in [0.15, 0.2) is 5.96 Å². The minimum absolute atomic E-state index is 0. The summed E-state index contributed by atoms with van der Waals surface area (Å²) in [5, 5.41) is 6.66. The molecular weight excluding hydrogens is 465 g/mol. The van der Waals surface area contributed by atoms with Crippen LogP contribution in [0.15, 0.2) is 59.6 Å². The predicted molar refractivity (Wildman–Crippen MR) is 127 cm³/mol. The third kappa shape index (κ3) is 9.94. The predicted octanol–water partition coefficient (Wildman–Crippen LogP) is 4.37. The van der Waals surface area contributed by atoms with Crippen molar-refractivity contribution in [2.24, 2.45) is 4.99 Å².